The van der Waals surface area contributed by atoms with Gasteiger partial charge in [0.2, 0.25) is 5.91 Å². The third-order valence-electron chi connectivity index (χ3n) is 5.57. The van der Waals surface area contributed by atoms with Gasteiger partial charge in [0, 0.05) is 37.5 Å². The summed E-state index contributed by atoms with van der Waals surface area (Å²) in [5.41, 5.74) is 0.978. The molecule has 2 aliphatic rings. The Morgan fingerprint density at radius 2 is 1.92 bits per heavy atom. The van der Waals surface area contributed by atoms with Crippen molar-refractivity contribution in [2.45, 2.75) is 71.1 Å². The minimum atomic E-state index is -0.143. The van der Waals surface area contributed by atoms with Gasteiger partial charge in [0.05, 0.1) is 6.04 Å². The molecule has 1 saturated heterocycles. The summed E-state index contributed by atoms with van der Waals surface area (Å²) in [5.74, 6) is 1.46. The molecule has 1 amide bonds. The Kier molecular flexibility index (Phi) is 5.38. The summed E-state index contributed by atoms with van der Waals surface area (Å²) in [6.45, 7) is 10.8. The quantitative estimate of drug-likeness (QED) is 0.900. The van der Waals surface area contributed by atoms with Gasteiger partial charge in [-0.1, -0.05) is 32.0 Å². The van der Waals surface area contributed by atoms with Gasteiger partial charge in [-0.25, -0.2) is 0 Å². The zero-order valence-electron chi connectivity index (χ0n) is 16.0. The second kappa shape index (κ2) is 7.36. The van der Waals surface area contributed by atoms with Gasteiger partial charge in [-0.3, -0.25) is 4.79 Å². The van der Waals surface area contributed by atoms with E-state index < -0.39 is 0 Å². The molecule has 1 aromatic rings. The number of likely N-dealkylation sites (tertiary alicyclic amines) is 1. The first-order valence-corrected chi connectivity index (χ1v) is 9.70. The van der Waals surface area contributed by atoms with Crippen molar-refractivity contribution in [3.63, 3.8) is 0 Å². The maximum absolute atomic E-state index is 12.4. The minimum Gasteiger partial charge on any atom is -0.487 e. The predicted octanol–water partition coefficient (Wildman–Crippen LogP) is 3.92. The van der Waals surface area contributed by atoms with Crippen LogP contribution in [0.5, 0.6) is 5.75 Å². The van der Waals surface area contributed by atoms with Gasteiger partial charge >= 0.3 is 0 Å². The van der Waals surface area contributed by atoms with E-state index in [9.17, 15) is 4.79 Å². The highest BCUT2D eigenvalue weighted by molar-refractivity contribution is 5.76. The van der Waals surface area contributed by atoms with Crippen LogP contribution in [0.1, 0.15) is 65.0 Å². The van der Waals surface area contributed by atoms with Gasteiger partial charge in [0.25, 0.3) is 0 Å². The molecule has 4 heteroatoms. The number of amides is 1. The number of fused-ring (bicyclic) bond motifs is 1. The van der Waals surface area contributed by atoms with Crippen molar-refractivity contribution in [1.82, 2.24) is 10.2 Å². The second-order valence-electron chi connectivity index (χ2n) is 8.37. The standard InChI is InChI=1S/C21H32N2O2/c1-15(2)13-20(24)22-18-14-21(9-11-23(12-10-21)16(3)4)25-19-8-6-5-7-17(18)19/h5-8,15-16,18H,9-14H2,1-4H3,(H,22,24)/t18-/m0/s1. The maximum Gasteiger partial charge on any atom is 0.220 e. The number of hydrogen-bond donors (Lipinski definition) is 1. The fourth-order valence-corrected chi connectivity index (χ4v) is 4.13. The number of rotatable bonds is 4. The SMILES string of the molecule is CC(C)CC(=O)N[C@H]1CC2(CCN(C(C)C)CC2)Oc2ccccc21. The lowest BCUT2D eigenvalue weighted by molar-refractivity contribution is -0.123. The van der Waals surface area contributed by atoms with E-state index in [1.807, 2.05) is 18.2 Å². The predicted molar refractivity (Wildman–Crippen MR) is 101 cm³/mol. The van der Waals surface area contributed by atoms with E-state index in [2.05, 4.69) is 44.0 Å². The van der Waals surface area contributed by atoms with Crippen LogP contribution in [0.2, 0.25) is 0 Å². The number of hydrogen-bond acceptors (Lipinski definition) is 3. The lowest BCUT2D eigenvalue weighted by Crippen LogP contribution is -2.53. The highest BCUT2D eigenvalue weighted by atomic mass is 16.5. The molecule has 0 unspecified atom stereocenters. The normalized spacial score (nSPS) is 22.7. The van der Waals surface area contributed by atoms with E-state index in [1.165, 1.54) is 0 Å². The highest BCUT2D eigenvalue weighted by Crippen LogP contribution is 2.44. The van der Waals surface area contributed by atoms with Crippen LogP contribution in [0.4, 0.5) is 0 Å². The van der Waals surface area contributed by atoms with Crippen molar-refractivity contribution in [1.29, 1.82) is 0 Å². The number of carbonyl (C=O) groups is 1. The van der Waals surface area contributed by atoms with E-state index in [0.29, 0.717) is 18.4 Å². The number of nitrogens with zero attached hydrogens (tertiary/aromatic N) is 1. The summed E-state index contributed by atoms with van der Waals surface area (Å²) in [6, 6.07) is 8.83. The van der Waals surface area contributed by atoms with Crippen molar-refractivity contribution < 1.29 is 9.53 Å². The van der Waals surface area contributed by atoms with Gasteiger partial charge in [0.15, 0.2) is 0 Å². The molecular weight excluding hydrogens is 312 g/mol. The van der Waals surface area contributed by atoms with Gasteiger partial charge in [-0.15, -0.1) is 0 Å². The van der Waals surface area contributed by atoms with Crippen LogP contribution < -0.4 is 10.1 Å². The first-order chi connectivity index (χ1) is 11.9. The second-order valence-corrected chi connectivity index (χ2v) is 8.37. The van der Waals surface area contributed by atoms with Crippen molar-refractivity contribution in [3.05, 3.63) is 29.8 Å². The zero-order chi connectivity index (χ0) is 18.0. The maximum atomic E-state index is 12.4. The van der Waals surface area contributed by atoms with E-state index in [0.717, 1.165) is 43.7 Å². The Bertz CT molecular complexity index is 604. The van der Waals surface area contributed by atoms with Crippen LogP contribution in [0.15, 0.2) is 24.3 Å². The van der Waals surface area contributed by atoms with Crippen molar-refractivity contribution in [2.24, 2.45) is 5.92 Å². The molecule has 4 nitrogen and oxygen atoms in total. The fraction of sp³-hybridized carbons (Fsp3) is 0.667. The summed E-state index contributed by atoms with van der Waals surface area (Å²) in [7, 11) is 0. The van der Waals surface area contributed by atoms with Crippen LogP contribution >= 0.6 is 0 Å². The van der Waals surface area contributed by atoms with Crippen LogP contribution in [0.25, 0.3) is 0 Å². The number of nitrogens with one attached hydrogen (secondary N) is 1. The van der Waals surface area contributed by atoms with Crippen LogP contribution in [-0.4, -0.2) is 35.5 Å². The van der Waals surface area contributed by atoms with Crippen molar-refractivity contribution >= 4 is 5.91 Å². The Hall–Kier alpha value is -1.55. The zero-order valence-corrected chi connectivity index (χ0v) is 16.0. The smallest absolute Gasteiger partial charge is 0.220 e. The molecule has 1 atom stereocenters. The van der Waals surface area contributed by atoms with Gasteiger partial charge in [-0.2, -0.15) is 0 Å². The summed E-state index contributed by atoms with van der Waals surface area (Å²) in [5, 5.41) is 3.28. The number of piperidine rings is 1. The Morgan fingerprint density at radius 1 is 1.24 bits per heavy atom. The molecule has 1 fully saturated rings. The Morgan fingerprint density at radius 3 is 2.56 bits per heavy atom. The van der Waals surface area contributed by atoms with Gasteiger partial charge in [0.1, 0.15) is 11.4 Å². The molecule has 0 aliphatic carbocycles. The van der Waals surface area contributed by atoms with Crippen molar-refractivity contribution in [2.75, 3.05) is 13.1 Å². The number of benzene rings is 1. The summed E-state index contributed by atoms with van der Waals surface area (Å²) in [6.07, 6.45) is 3.50. The molecule has 3 rings (SSSR count). The average Bonchev–Trinajstić information content (AvgIpc) is 2.54. The van der Waals surface area contributed by atoms with Crippen LogP contribution in [0, 0.1) is 5.92 Å². The molecule has 1 spiro atoms. The molecule has 25 heavy (non-hydrogen) atoms. The van der Waals surface area contributed by atoms with Crippen molar-refractivity contribution in [3.8, 4) is 5.75 Å². The molecule has 0 aromatic heterocycles. The molecular formula is C21H32N2O2. The number of carbonyl (C=O) groups excluding carboxylic acids is 1. The molecule has 0 saturated carbocycles. The van der Waals surface area contributed by atoms with E-state index in [-0.39, 0.29) is 17.6 Å². The molecule has 2 aliphatic heterocycles. The molecule has 0 radical (unpaired) electrons. The van der Waals surface area contributed by atoms with Gasteiger partial charge < -0.3 is 15.0 Å². The minimum absolute atomic E-state index is 0.0572. The van der Waals surface area contributed by atoms with E-state index in [1.54, 1.807) is 0 Å². The topological polar surface area (TPSA) is 41.6 Å². The average molecular weight is 344 g/mol. The molecule has 138 valence electrons. The largest absolute Gasteiger partial charge is 0.487 e. The third-order valence-corrected chi connectivity index (χ3v) is 5.57. The van der Waals surface area contributed by atoms with Crippen LogP contribution in [-0.2, 0) is 4.79 Å². The van der Waals surface area contributed by atoms with Crippen LogP contribution in [0.3, 0.4) is 0 Å². The molecule has 1 aromatic carbocycles. The van der Waals surface area contributed by atoms with E-state index >= 15 is 0 Å². The lowest BCUT2D eigenvalue weighted by atomic mass is 9.80. The highest BCUT2D eigenvalue weighted by Gasteiger charge is 2.43. The summed E-state index contributed by atoms with van der Waals surface area (Å²) in [4.78, 5) is 14.9. The monoisotopic (exact) mass is 344 g/mol. The summed E-state index contributed by atoms with van der Waals surface area (Å²) >= 11 is 0. The molecule has 2 heterocycles. The summed E-state index contributed by atoms with van der Waals surface area (Å²) < 4.78 is 6.50. The molecule has 1 N–H and O–H groups in total. The van der Waals surface area contributed by atoms with E-state index in [4.69, 9.17) is 4.74 Å². The number of ether oxygens (including phenoxy) is 1. The fourth-order valence-electron chi connectivity index (χ4n) is 4.13. The number of para-hydroxylation sites is 1. The first kappa shape index (κ1) is 18.2. The first-order valence-electron chi connectivity index (χ1n) is 9.70. The molecule has 0 bridgehead atoms. The van der Waals surface area contributed by atoms with Gasteiger partial charge in [-0.05, 0) is 38.7 Å². The lowest BCUT2D eigenvalue weighted by Gasteiger charge is -2.47. The Labute approximate surface area is 151 Å². The Balaban J connectivity index is 1.78. The third kappa shape index (κ3) is 4.17.